The molecule has 0 aromatic heterocycles. The fourth-order valence-corrected chi connectivity index (χ4v) is 5.14. The minimum Gasteiger partial charge on any atom is -0.325 e. The predicted molar refractivity (Wildman–Crippen MR) is 112 cm³/mol. The number of thioether (sulfide) groups is 1. The number of piperazine rings is 1. The first-order valence-corrected chi connectivity index (χ1v) is 10.5. The molecule has 2 heterocycles. The van der Waals surface area contributed by atoms with E-state index in [-0.39, 0.29) is 17.1 Å². The predicted octanol–water partition coefficient (Wildman–Crippen LogP) is 3.64. The molecule has 5 heteroatoms. The molecule has 2 aromatic carbocycles. The summed E-state index contributed by atoms with van der Waals surface area (Å²) in [7, 11) is 2.16. The lowest BCUT2D eigenvalue weighted by Crippen LogP contribution is -2.48. The van der Waals surface area contributed by atoms with E-state index in [9.17, 15) is 4.79 Å². The van der Waals surface area contributed by atoms with Gasteiger partial charge in [0.1, 0.15) is 0 Å². The van der Waals surface area contributed by atoms with E-state index in [0.29, 0.717) is 0 Å². The number of aryl methyl sites for hydroxylation is 1. The summed E-state index contributed by atoms with van der Waals surface area (Å²) in [4.78, 5) is 19.2. The number of carbonyl (C=O) groups is 1. The smallest absolute Gasteiger partial charge is 0.230 e. The molecule has 0 bridgehead atoms. The SMILES string of the molecule is Cc1ccc([C@H]2Sc3ccccc3NC(=O)[C@H]2CN2CCN(C)CC2)cc1. The van der Waals surface area contributed by atoms with Gasteiger partial charge in [0.15, 0.2) is 0 Å². The molecule has 2 aliphatic rings. The second kappa shape index (κ2) is 8.05. The molecule has 0 unspecified atom stereocenters. The van der Waals surface area contributed by atoms with Crippen molar-refractivity contribution in [3.63, 3.8) is 0 Å². The summed E-state index contributed by atoms with van der Waals surface area (Å²) in [5.74, 6) is 0.0606. The van der Waals surface area contributed by atoms with Gasteiger partial charge >= 0.3 is 0 Å². The van der Waals surface area contributed by atoms with Crippen molar-refractivity contribution in [2.45, 2.75) is 17.1 Å². The van der Waals surface area contributed by atoms with Gasteiger partial charge < -0.3 is 10.2 Å². The fourth-order valence-electron chi connectivity index (χ4n) is 3.80. The summed E-state index contributed by atoms with van der Waals surface area (Å²) in [6.45, 7) is 7.10. The van der Waals surface area contributed by atoms with Crippen molar-refractivity contribution in [3.05, 3.63) is 59.7 Å². The lowest BCUT2D eigenvalue weighted by atomic mass is 9.96. The molecule has 1 amide bonds. The molecular formula is C22H27N3OS. The van der Waals surface area contributed by atoms with E-state index >= 15 is 0 Å². The number of fused-ring (bicyclic) bond motifs is 1. The van der Waals surface area contributed by atoms with Crippen LogP contribution in [0.5, 0.6) is 0 Å². The van der Waals surface area contributed by atoms with Gasteiger partial charge in [-0.15, -0.1) is 11.8 Å². The maximum Gasteiger partial charge on any atom is 0.230 e. The van der Waals surface area contributed by atoms with Gasteiger partial charge in [-0.05, 0) is 31.7 Å². The zero-order valence-corrected chi connectivity index (χ0v) is 16.8. The first-order valence-electron chi connectivity index (χ1n) is 9.64. The first-order chi connectivity index (χ1) is 13.1. The Morgan fingerprint density at radius 2 is 1.74 bits per heavy atom. The number of rotatable bonds is 3. The maximum absolute atomic E-state index is 13.2. The van der Waals surface area contributed by atoms with E-state index in [1.807, 2.05) is 30.0 Å². The highest BCUT2D eigenvalue weighted by Crippen LogP contribution is 2.46. The number of hydrogen-bond donors (Lipinski definition) is 1. The van der Waals surface area contributed by atoms with Crippen LogP contribution in [0.2, 0.25) is 0 Å². The Hall–Kier alpha value is -1.82. The Bertz CT molecular complexity index is 799. The van der Waals surface area contributed by atoms with Crippen LogP contribution >= 0.6 is 11.8 Å². The monoisotopic (exact) mass is 381 g/mol. The molecule has 2 aliphatic heterocycles. The molecule has 2 aromatic rings. The Kier molecular flexibility index (Phi) is 5.53. The third-order valence-corrected chi connectivity index (χ3v) is 7.02. The van der Waals surface area contributed by atoms with Gasteiger partial charge in [0.25, 0.3) is 0 Å². The second-order valence-corrected chi connectivity index (χ2v) is 8.83. The van der Waals surface area contributed by atoms with Crippen LogP contribution in [0.25, 0.3) is 0 Å². The number of hydrogen-bond acceptors (Lipinski definition) is 4. The number of nitrogens with one attached hydrogen (secondary N) is 1. The van der Waals surface area contributed by atoms with Crippen molar-refractivity contribution in [1.29, 1.82) is 0 Å². The van der Waals surface area contributed by atoms with Crippen LogP contribution in [0.1, 0.15) is 16.4 Å². The number of likely N-dealkylation sites (N-methyl/N-ethyl adjacent to an activating group) is 1. The Morgan fingerprint density at radius 1 is 1.04 bits per heavy atom. The van der Waals surface area contributed by atoms with Crippen LogP contribution in [0.3, 0.4) is 0 Å². The molecule has 0 radical (unpaired) electrons. The largest absolute Gasteiger partial charge is 0.325 e. The highest BCUT2D eigenvalue weighted by Gasteiger charge is 2.35. The molecule has 142 valence electrons. The normalized spacial score (nSPS) is 24.1. The van der Waals surface area contributed by atoms with E-state index in [0.717, 1.165) is 43.3 Å². The molecule has 1 saturated heterocycles. The molecule has 0 saturated carbocycles. The average Bonchev–Trinajstić information content (AvgIpc) is 2.81. The van der Waals surface area contributed by atoms with Crippen LogP contribution in [-0.2, 0) is 4.79 Å². The minimum atomic E-state index is -0.0755. The van der Waals surface area contributed by atoms with Crippen molar-refractivity contribution in [1.82, 2.24) is 9.80 Å². The molecule has 4 rings (SSSR count). The second-order valence-electron chi connectivity index (χ2n) is 7.64. The van der Waals surface area contributed by atoms with Gasteiger partial charge in [0.2, 0.25) is 5.91 Å². The summed E-state index contributed by atoms with van der Waals surface area (Å²) in [5.41, 5.74) is 3.42. The summed E-state index contributed by atoms with van der Waals surface area (Å²) < 4.78 is 0. The third-order valence-electron chi connectivity index (χ3n) is 5.56. The van der Waals surface area contributed by atoms with Crippen molar-refractivity contribution in [2.24, 2.45) is 5.92 Å². The quantitative estimate of drug-likeness (QED) is 0.880. The van der Waals surface area contributed by atoms with Crippen LogP contribution < -0.4 is 5.32 Å². The summed E-state index contributed by atoms with van der Waals surface area (Å²) in [5, 5.41) is 3.30. The molecule has 27 heavy (non-hydrogen) atoms. The maximum atomic E-state index is 13.2. The summed E-state index contributed by atoms with van der Waals surface area (Å²) in [6, 6.07) is 16.8. The van der Waals surface area contributed by atoms with Crippen LogP contribution in [-0.4, -0.2) is 55.5 Å². The fraction of sp³-hybridized carbons (Fsp3) is 0.409. The number of amides is 1. The highest BCUT2D eigenvalue weighted by molar-refractivity contribution is 7.99. The van der Waals surface area contributed by atoms with Crippen LogP contribution in [0, 0.1) is 12.8 Å². The highest BCUT2D eigenvalue weighted by atomic mass is 32.2. The van der Waals surface area contributed by atoms with Crippen LogP contribution in [0.15, 0.2) is 53.4 Å². The molecule has 0 spiro atoms. The van der Waals surface area contributed by atoms with E-state index in [1.54, 1.807) is 0 Å². The van der Waals surface area contributed by atoms with Crippen molar-refractivity contribution < 1.29 is 4.79 Å². The summed E-state index contributed by atoms with van der Waals surface area (Å²) >= 11 is 1.82. The minimum absolute atomic E-state index is 0.0755. The van der Waals surface area contributed by atoms with Crippen molar-refractivity contribution >= 4 is 23.4 Å². The molecule has 2 atom stereocenters. The number of benzene rings is 2. The average molecular weight is 382 g/mol. The van der Waals surface area contributed by atoms with Gasteiger partial charge in [-0.25, -0.2) is 0 Å². The zero-order valence-electron chi connectivity index (χ0n) is 16.0. The van der Waals surface area contributed by atoms with E-state index < -0.39 is 0 Å². The zero-order chi connectivity index (χ0) is 18.8. The molecule has 4 nitrogen and oxygen atoms in total. The van der Waals surface area contributed by atoms with Gasteiger partial charge in [-0.1, -0.05) is 42.0 Å². The Morgan fingerprint density at radius 3 is 2.48 bits per heavy atom. The van der Waals surface area contributed by atoms with Gasteiger partial charge in [0, 0.05) is 42.9 Å². The third kappa shape index (κ3) is 4.21. The van der Waals surface area contributed by atoms with Crippen LogP contribution in [0.4, 0.5) is 5.69 Å². The standard InChI is InChI=1S/C22H27N3OS/c1-16-7-9-17(10-8-16)21-18(15-25-13-11-24(2)12-14-25)22(26)23-19-5-3-4-6-20(19)27-21/h3-10,18,21H,11-15H2,1-2H3,(H,23,26)/t18-,21+/m0/s1. The van der Waals surface area contributed by atoms with E-state index in [1.165, 1.54) is 11.1 Å². The number of anilines is 1. The van der Waals surface area contributed by atoms with Crippen molar-refractivity contribution in [3.8, 4) is 0 Å². The van der Waals surface area contributed by atoms with Crippen molar-refractivity contribution in [2.75, 3.05) is 45.1 Å². The number of para-hydroxylation sites is 1. The van der Waals surface area contributed by atoms with Gasteiger partial charge in [-0.3, -0.25) is 9.69 Å². The Balaban J connectivity index is 1.65. The van der Waals surface area contributed by atoms with E-state index in [2.05, 4.69) is 59.4 Å². The molecule has 1 fully saturated rings. The number of carbonyl (C=O) groups excluding carboxylic acids is 1. The molecular weight excluding hydrogens is 354 g/mol. The lowest BCUT2D eigenvalue weighted by molar-refractivity contribution is -0.120. The summed E-state index contributed by atoms with van der Waals surface area (Å²) in [6.07, 6.45) is 0. The van der Waals surface area contributed by atoms with E-state index in [4.69, 9.17) is 0 Å². The molecule has 1 N–H and O–H groups in total. The Labute approximate surface area is 165 Å². The van der Waals surface area contributed by atoms with Gasteiger partial charge in [0.05, 0.1) is 11.6 Å². The lowest BCUT2D eigenvalue weighted by Gasteiger charge is -2.35. The first kappa shape index (κ1) is 18.5. The molecule has 0 aliphatic carbocycles. The van der Waals surface area contributed by atoms with Gasteiger partial charge in [-0.2, -0.15) is 0 Å². The number of nitrogens with zero attached hydrogens (tertiary/aromatic N) is 2. The topological polar surface area (TPSA) is 35.6 Å².